The van der Waals surface area contributed by atoms with Crippen LogP contribution in [0.1, 0.15) is 22.9 Å². The Kier molecular flexibility index (Phi) is 5.49. The van der Waals surface area contributed by atoms with Crippen LogP contribution in [0.15, 0.2) is 76.9 Å². The largest absolute Gasteiger partial charge is 0.507 e. The molecule has 1 aliphatic rings. The van der Waals surface area contributed by atoms with Crippen LogP contribution in [0.4, 0.5) is 0 Å². The summed E-state index contributed by atoms with van der Waals surface area (Å²) in [5, 5.41) is 11.0. The average molecular weight is 419 g/mol. The first kappa shape index (κ1) is 20.3. The molecule has 158 valence electrons. The lowest BCUT2D eigenvalue weighted by atomic mass is 9.95. The summed E-state index contributed by atoms with van der Waals surface area (Å²) in [6.45, 7) is 0.0909. The van der Waals surface area contributed by atoms with Gasteiger partial charge in [0.15, 0.2) is 0 Å². The molecule has 1 N–H and O–H groups in total. The van der Waals surface area contributed by atoms with Crippen LogP contribution in [0.25, 0.3) is 5.76 Å². The van der Waals surface area contributed by atoms with E-state index in [4.69, 9.17) is 13.9 Å². The highest BCUT2D eigenvalue weighted by molar-refractivity contribution is 6.46. The molecule has 0 radical (unpaired) electrons. The summed E-state index contributed by atoms with van der Waals surface area (Å²) < 4.78 is 15.8. The molecule has 2 aromatic carbocycles. The number of methoxy groups -OCH3 is 2. The van der Waals surface area contributed by atoms with Gasteiger partial charge in [-0.2, -0.15) is 0 Å². The van der Waals surface area contributed by atoms with Crippen LogP contribution in [0, 0.1) is 0 Å². The maximum Gasteiger partial charge on any atom is 0.296 e. The van der Waals surface area contributed by atoms with E-state index in [0.717, 1.165) is 0 Å². The molecule has 3 aromatic rings. The van der Waals surface area contributed by atoms with Gasteiger partial charge in [0.1, 0.15) is 23.0 Å². The Bertz CT molecular complexity index is 1110. The van der Waals surface area contributed by atoms with Crippen LogP contribution in [-0.2, 0) is 16.1 Å². The van der Waals surface area contributed by atoms with E-state index in [-0.39, 0.29) is 17.9 Å². The number of hydrogen-bond acceptors (Lipinski definition) is 6. The summed E-state index contributed by atoms with van der Waals surface area (Å²) in [5.74, 6) is 0.0880. The average Bonchev–Trinajstić information content (AvgIpc) is 3.41. The molecule has 7 heteroatoms. The van der Waals surface area contributed by atoms with Gasteiger partial charge in [-0.25, -0.2) is 0 Å². The van der Waals surface area contributed by atoms with Crippen LogP contribution in [0.5, 0.6) is 11.5 Å². The predicted molar refractivity (Wildman–Crippen MR) is 113 cm³/mol. The van der Waals surface area contributed by atoms with Gasteiger partial charge in [0.25, 0.3) is 11.7 Å². The molecule has 0 bridgehead atoms. The first-order chi connectivity index (χ1) is 15.0. The number of carbonyl (C=O) groups excluding carboxylic acids is 2. The van der Waals surface area contributed by atoms with Crippen molar-refractivity contribution >= 4 is 17.4 Å². The molecular formula is C24H21NO6. The van der Waals surface area contributed by atoms with Gasteiger partial charge >= 0.3 is 0 Å². The van der Waals surface area contributed by atoms with Crippen molar-refractivity contribution in [2.45, 2.75) is 12.6 Å². The molecule has 4 rings (SSSR count). The topological polar surface area (TPSA) is 89.2 Å². The minimum atomic E-state index is -0.780. The number of carbonyl (C=O) groups is 2. The van der Waals surface area contributed by atoms with E-state index >= 15 is 0 Å². The number of likely N-dealkylation sites (tertiary alicyclic amines) is 1. The van der Waals surface area contributed by atoms with Crippen LogP contribution in [0.2, 0.25) is 0 Å². The highest BCUT2D eigenvalue weighted by atomic mass is 16.5. The van der Waals surface area contributed by atoms with Gasteiger partial charge in [-0.05, 0) is 54.1 Å². The van der Waals surface area contributed by atoms with E-state index in [1.54, 1.807) is 74.9 Å². The summed E-state index contributed by atoms with van der Waals surface area (Å²) in [6, 6.07) is 16.3. The number of amides is 1. The van der Waals surface area contributed by atoms with Gasteiger partial charge in [-0.3, -0.25) is 9.59 Å². The molecule has 0 saturated carbocycles. The maximum absolute atomic E-state index is 13.0. The first-order valence-corrected chi connectivity index (χ1v) is 9.62. The van der Waals surface area contributed by atoms with Gasteiger partial charge < -0.3 is 23.9 Å². The lowest BCUT2D eigenvalue weighted by Gasteiger charge is -2.24. The Morgan fingerprint density at radius 3 is 2.13 bits per heavy atom. The molecule has 2 heterocycles. The third-order valence-electron chi connectivity index (χ3n) is 5.24. The number of aliphatic hydroxyl groups excluding tert-OH is 1. The molecule has 1 amide bonds. The van der Waals surface area contributed by atoms with E-state index in [0.29, 0.717) is 28.4 Å². The Morgan fingerprint density at radius 2 is 1.58 bits per heavy atom. The molecule has 31 heavy (non-hydrogen) atoms. The summed E-state index contributed by atoms with van der Waals surface area (Å²) in [6.07, 6.45) is 1.51. The lowest BCUT2D eigenvalue weighted by molar-refractivity contribution is -0.140. The van der Waals surface area contributed by atoms with Crippen molar-refractivity contribution in [2.24, 2.45) is 0 Å². The van der Waals surface area contributed by atoms with Crippen molar-refractivity contribution in [2.75, 3.05) is 14.2 Å². The summed E-state index contributed by atoms with van der Waals surface area (Å²) in [7, 11) is 3.10. The number of rotatable bonds is 6. The highest BCUT2D eigenvalue weighted by Gasteiger charge is 2.46. The quantitative estimate of drug-likeness (QED) is 0.370. The van der Waals surface area contributed by atoms with Crippen molar-refractivity contribution in [3.05, 3.63) is 89.4 Å². The molecule has 1 atom stereocenters. The molecule has 1 unspecified atom stereocenters. The fourth-order valence-corrected chi connectivity index (χ4v) is 3.65. The SMILES string of the molecule is COc1ccc(/C(O)=C2\C(=O)C(=O)N(Cc3ccco3)C2c2ccc(OC)cc2)cc1. The molecule has 0 spiro atoms. The van der Waals surface area contributed by atoms with Crippen LogP contribution in [0.3, 0.4) is 0 Å². The van der Waals surface area contributed by atoms with Crippen molar-refractivity contribution in [1.29, 1.82) is 0 Å². The molecule has 1 aliphatic heterocycles. The third-order valence-corrected chi connectivity index (χ3v) is 5.24. The predicted octanol–water partition coefficient (Wildman–Crippen LogP) is 3.92. The number of ketones is 1. The number of ether oxygens (including phenoxy) is 2. The lowest BCUT2D eigenvalue weighted by Crippen LogP contribution is -2.29. The Labute approximate surface area is 179 Å². The molecule has 1 fully saturated rings. The Balaban J connectivity index is 1.83. The van der Waals surface area contributed by atoms with Crippen molar-refractivity contribution < 1.29 is 28.6 Å². The fourth-order valence-electron chi connectivity index (χ4n) is 3.65. The maximum atomic E-state index is 13.0. The smallest absolute Gasteiger partial charge is 0.296 e. The minimum Gasteiger partial charge on any atom is -0.507 e. The second-order valence-electron chi connectivity index (χ2n) is 7.01. The van der Waals surface area contributed by atoms with Crippen molar-refractivity contribution in [3.63, 3.8) is 0 Å². The zero-order chi connectivity index (χ0) is 22.0. The van der Waals surface area contributed by atoms with E-state index < -0.39 is 17.7 Å². The zero-order valence-corrected chi connectivity index (χ0v) is 17.1. The molecular weight excluding hydrogens is 398 g/mol. The summed E-state index contributed by atoms with van der Waals surface area (Å²) in [4.78, 5) is 27.3. The first-order valence-electron chi connectivity index (χ1n) is 9.62. The minimum absolute atomic E-state index is 0.0203. The van der Waals surface area contributed by atoms with Gasteiger partial charge in [-0.1, -0.05) is 12.1 Å². The summed E-state index contributed by atoms with van der Waals surface area (Å²) in [5.41, 5.74) is 1.10. The molecule has 1 saturated heterocycles. The number of furan rings is 1. The van der Waals surface area contributed by atoms with E-state index in [1.807, 2.05) is 0 Å². The zero-order valence-electron chi connectivity index (χ0n) is 17.1. The van der Waals surface area contributed by atoms with Crippen molar-refractivity contribution in [3.8, 4) is 11.5 Å². The third kappa shape index (κ3) is 3.77. The Morgan fingerprint density at radius 1 is 0.968 bits per heavy atom. The Hall–Kier alpha value is -4.00. The van der Waals surface area contributed by atoms with Gasteiger partial charge in [0.2, 0.25) is 0 Å². The normalized spacial score (nSPS) is 17.7. The second kappa shape index (κ2) is 8.39. The van der Waals surface area contributed by atoms with Crippen molar-refractivity contribution in [1.82, 2.24) is 4.90 Å². The molecule has 7 nitrogen and oxygen atoms in total. The van der Waals surface area contributed by atoms with E-state index in [1.165, 1.54) is 11.2 Å². The molecule has 0 aliphatic carbocycles. The van der Waals surface area contributed by atoms with Gasteiger partial charge in [0.05, 0.1) is 38.6 Å². The van der Waals surface area contributed by atoms with E-state index in [2.05, 4.69) is 0 Å². The molecule has 1 aromatic heterocycles. The number of benzene rings is 2. The number of hydrogen-bond donors (Lipinski definition) is 1. The standard InChI is InChI=1S/C24H21NO6/c1-29-17-9-5-15(6-10-17)21-20(22(26)16-7-11-18(30-2)12-8-16)23(27)24(28)25(21)14-19-4-3-13-31-19/h3-13,21,26H,14H2,1-2H3/b22-20+. The second-order valence-corrected chi connectivity index (χ2v) is 7.01. The monoisotopic (exact) mass is 419 g/mol. The van der Waals surface area contributed by atoms with Crippen LogP contribution >= 0.6 is 0 Å². The van der Waals surface area contributed by atoms with Crippen LogP contribution < -0.4 is 9.47 Å². The van der Waals surface area contributed by atoms with E-state index in [9.17, 15) is 14.7 Å². The summed E-state index contributed by atoms with van der Waals surface area (Å²) >= 11 is 0. The number of nitrogens with zero attached hydrogens (tertiary/aromatic N) is 1. The van der Waals surface area contributed by atoms with Gasteiger partial charge in [-0.15, -0.1) is 0 Å². The van der Waals surface area contributed by atoms with Gasteiger partial charge in [0, 0.05) is 5.56 Å². The highest BCUT2D eigenvalue weighted by Crippen LogP contribution is 2.40. The fraction of sp³-hybridized carbons (Fsp3) is 0.167. The number of Topliss-reactive ketones (excluding diaryl/α,β-unsaturated/α-hetero) is 1. The van der Waals surface area contributed by atoms with Crippen LogP contribution in [-0.4, -0.2) is 35.9 Å². The number of aliphatic hydroxyl groups is 1.